The fraction of sp³-hybridized carbons (Fsp3) is 0.154. The number of rotatable bonds is 5. The lowest BCUT2D eigenvalue weighted by Crippen LogP contribution is -2.04. The predicted molar refractivity (Wildman–Crippen MR) is 76.3 cm³/mol. The summed E-state index contributed by atoms with van der Waals surface area (Å²) in [5.74, 6) is -0.586. The van der Waals surface area contributed by atoms with Gasteiger partial charge in [0.05, 0.1) is 24.9 Å². The van der Waals surface area contributed by atoms with Gasteiger partial charge < -0.3 is 19.3 Å². The Labute approximate surface area is 128 Å². The number of halogens is 1. The SMILES string of the molecule is COc1cccc(C(=O)O)c1Oc1ncc(Br)c(OC)n1. The Morgan fingerprint density at radius 2 is 2.05 bits per heavy atom. The molecule has 7 nitrogen and oxygen atoms in total. The van der Waals surface area contributed by atoms with E-state index in [2.05, 4.69) is 25.9 Å². The number of aromatic nitrogens is 2. The highest BCUT2D eigenvalue weighted by atomic mass is 79.9. The topological polar surface area (TPSA) is 90.8 Å². The van der Waals surface area contributed by atoms with Crippen molar-refractivity contribution in [2.75, 3.05) is 14.2 Å². The summed E-state index contributed by atoms with van der Waals surface area (Å²) in [5.41, 5.74) is -0.0557. The van der Waals surface area contributed by atoms with Crippen LogP contribution in [0.2, 0.25) is 0 Å². The maximum absolute atomic E-state index is 11.2. The van der Waals surface area contributed by atoms with Crippen molar-refractivity contribution < 1.29 is 24.1 Å². The predicted octanol–water partition coefficient (Wildman–Crippen LogP) is 2.75. The summed E-state index contributed by atoms with van der Waals surface area (Å²) in [5, 5.41) is 9.20. The van der Waals surface area contributed by atoms with Gasteiger partial charge >= 0.3 is 12.0 Å². The average molecular weight is 355 g/mol. The van der Waals surface area contributed by atoms with Gasteiger partial charge in [-0.1, -0.05) is 6.07 Å². The second kappa shape index (κ2) is 6.40. The molecule has 8 heteroatoms. The summed E-state index contributed by atoms with van der Waals surface area (Å²) in [6.45, 7) is 0. The summed E-state index contributed by atoms with van der Waals surface area (Å²) >= 11 is 3.22. The molecule has 2 rings (SSSR count). The molecule has 21 heavy (non-hydrogen) atoms. The Balaban J connectivity index is 2.45. The highest BCUT2D eigenvalue weighted by Crippen LogP contribution is 2.34. The minimum Gasteiger partial charge on any atom is -0.493 e. The van der Waals surface area contributed by atoms with Gasteiger partial charge in [-0.3, -0.25) is 0 Å². The number of aromatic carboxylic acids is 1. The van der Waals surface area contributed by atoms with Crippen molar-refractivity contribution in [3.8, 4) is 23.4 Å². The molecule has 110 valence electrons. The fourth-order valence-electron chi connectivity index (χ4n) is 1.57. The highest BCUT2D eigenvalue weighted by Gasteiger charge is 2.18. The molecule has 0 radical (unpaired) electrons. The number of carboxylic acids is 1. The summed E-state index contributed by atoms with van der Waals surface area (Å²) < 4.78 is 16.1. The van der Waals surface area contributed by atoms with Crippen LogP contribution in [0.4, 0.5) is 0 Å². The van der Waals surface area contributed by atoms with Gasteiger partial charge in [-0.05, 0) is 28.1 Å². The van der Waals surface area contributed by atoms with E-state index in [0.717, 1.165) is 0 Å². The third-order valence-corrected chi connectivity index (χ3v) is 3.05. The van der Waals surface area contributed by atoms with Crippen LogP contribution in [0.3, 0.4) is 0 Å². The molecule has 1 N–H and O–H groups in total. The zero-order chi connectivity index (χ0) is 15.4. The van der Waals surface area contributed by atoms with Crippen LogP contribution in [0, 0.1) is 0 Å². The molecule has 0 aliphatic carbocycles. The highest BCUT2D eigenvalue weighted by molar-refractivity contribution is 9.10. The van der Waals surface area contributed by atoms with Crippen LogP contribution in [0.15, 0.2) is 28.9 Å². The molecular weight excluding hydrogens is 344 g/mol. The Bertz CT molecular complexity index is 678. The fourth-order valence-corrected chi connectivity index (χ4v) is 1.92. The molecule has 0 aliphatic rings. The van der Waals surface area contributed by atoms with E-state index in [1.165, 1.54) is 26.5 Å². The standard InChI is InChI=1S/C13H11BrN2O5/c1-19-9-5-3-4-7(12(17)18)10(9)21-13-15-6-8(14)11(16-13)20-2/h3-6H,1-2H3,(H,17,18). The number of nitrogens with zero attached hydrogens (tertiary/aromatic N) is 2. The van der Waals surface area contributed by atoms with E-state index in [1.807, 2.05) is 0 Å². The minimum absolute atomic E-state index is 0.0249. The number of carboxylic acid groups (broad SMARTS) is 1. The van der Waals surface area contributed by atoms with Gasteiger partial charge in [-0.15, -0.1) is 0 Å². The Morgan fingerprint density at radius 1 is 1.29 bits per heavy atom. The van der Waals surface area contributed by atoms with E-state index in [4.69, 9.17) is 14.2 Å². The van der Waals surface area contributed by atoms with E-state index in [0.29, 0.717) is 4.47 Å². The van der Waals surface area contributed by atoms with Crippen LogP contribution in [0.1, 0.15) is 10.4 Å². The normalized spacial score (nSPS) is 10.0. The quantitative estimate of drug-likeness (QED) is 0.882. The maximum Gasteiger partial charge on any atom is 0.339 e. The second-order valence-corrected chi connectivity index (χ2v) is 4.61. The first kappa shape index (κ1) is 15.0. The van der Waals surface area contributed by atoms with Gasteiger partial charge in [0.1, 0.15) is 5.56 Å². The van der Waals surface area contributed by atoms with Gasteiger partial charge in [-0.25, -0.2) is 9.78 Å². The number of ether oxygens (including phenoxy) is 3. The van der Waals surface area contributed by atoms with E-state index in [1.54, 1.807) is 12.1 Å². The van der Waals surface area contributed by atoms with Crippen molar-refractivity contribution in [2.24, 2.45) is 0 Å². The van der Waals surface area contributed by atoms with Crippen molar-refractivity contribution in [1.82, 2.24) is 9.97 Å². The molecule has 0 saturated heterocycles. The molecule has 0 bridgehead atoms. The number of carbonyl (C=O) groups is 1. The average Bonchev–Trinajstić information content (AvgIpc) is 2.49. The largest absolute Gasteiger partial charge is 0.493 e. The molecular formula is C13H11BrN2O5. The molecule has 0 atom stereocenters. The van der Waals surface area contributed by atoms with Crippen LogP contribution in [0.25, 0.3) is 0 Å². The minimum atomic E-state index is -1.15. The monoisotopic (exact) mass is 354 g/mol. The van der Waals surface area contributed by atoms with Crippen molar-refractivity contribution in [3.05, 3.63) is 34.4 Å². The molecule has 0 unspecified atom stereocenters. The van der Waals surface area contributed by atoms with Gasteiger partial charge in [0.2, 0.25) is 5.88 Å². The first-order chi connectivity index (χ1) is 10.1. The molecule has 0 fully saturated rings. The number of hydrogen-bond acceptors (Lipinski definition) is 6. The molecule has 0 spiro atoms. The maximum atomic E-state index is 11.2. The summed E-state index contributed by atoms with van der Waals surface area (Å²) in [7, 11) is 2.86. The van der Waals surface area contributed by atoms with Gasteiger partial charge in [0.25, 0.3) is 0 Å². The van der Waals surface area contributed by atoms with Crippen LogP contribution in [-0.2, 0) is 0 Å². The lowest BCUT2D eigenvalue weighted by atomic mass is 10.2. The first-order valence-electron chi connectivity index (χ1n) is 5.71. The lowest BCUT2D eigenvalue weighted by Gasteiger charge is -2.12. The van der Waals surface area contributed by atoms with E-state index >= 15 is 0 Å². The van der Waals surface area contributed by atoms with Crippen molar-refractivity contribution >= 4 is 21.9 Å². The third kappa shape index (κ3) is 3.22. The van der Waals surface area contributed by atoms with E-state index in [-0.39, 0.29) is 29.0 Å². The van der Waals surface area contributed by atoms with Crippen molar-refractivity contribution in [3.63, 3.8) is 0 Å². The third-order valence-electron chi connectivity index (χ3n) is 2.51. The zero-order valence-electron chi connectivity index (χ0n) is 11.2. The number of hydrogen-bond donors (Lipinski definition) is 1. The van der Waals surface area contributed by atoms with E-state index in [9.17, 15) is 9.90 Å². The number of methoxy groups -OCH3 is 2. The second-order valence-electron chi connectivity index (χ2n) is 3.75. The van der Waals surface area contributed by atoms with Crippen molar-refractivity contribution in [2.45, 2.75) is 0 Å². The summed E-state index contributed by atoms with van der Waals surface area (Å²) in [6.07, 6.45) is 1.44. The van der Waals surface area contributed by atoms with Gasteiger partial charge in [0.15, 0.2) is 11.5 Å². The van der Waals surface area contributed by atoms with E-state index < -0.39 is 5.97 Å². The van der Waals surface area contributed by atoms with Crippen molar-refractivity contribution in [1.29, 1.82) is 0 Å². The van der Waals surface area contributed by atoms with Gasteiger partial charge in [0, 0.05) is 0 Å². The van der Waals surface area contributed by atoms with Crippen LogP contribution in [0.5, 0.6) is 23.4 Å². The van der Waals surface area contributed by atoms with Crippen LogP contribution >= 0.6 is 15.9 Å². The zero-order valence-corrected chi connectivity index (χ0v) is 12.7. The molecule has 1 aromatic heterocycles. The summed E-state index contributed by atoms with van der Waals surface area (Å²) in [4.78, 5) is 19.2. The Hall–Kier alpha value is -2.35. The Morgan fingerprint density at radius 3 is 2.67 bits per heavy atom. The summed E-state index contributed by atoms with van der Waals surface area (Å²) in [6, 6.07) is 4.48. The molecule has 0 aliphatic heterocycles. The molecule has 0 amide bonds. The Kier molecular flexibility index (Phi) is 4.59. The van der Waals surface area contributed by atoms with Crippen LogP contribution in [-0.4, -0.2) is 35.3 Å². The lowest BCUT2D eigenvalue weighted by molar-refractivity contribution is 0.0693. The first-order valence-corrected chi connectivity index (χ1v) is 6.50. The molecule has 1 heterocycles. The van der Waals surface area contributed by atoms with Crippen LogP contribution < -0.4 is 14.2 Å². The number of benzene rings is 1. The number of para-hydroxylation sites is 1. The molecule has 0 saturated carbocycles. The molecule has 2 aromatic rings. The molecule has 1 aromatic carbocycles. The smallest absolute Gasteiger partial charge is 0.339 e. The van der Waals surface area contributed by atoms with Gasteiger partial charge in [-0.2, -0.15) is 4.98 Å².